The normalized spacial score (nSPS) is 18.3. The standard InChI is InChI=1S/C26H27N5O4/c1-17(32)19-6-8-22(9-7-19)29-10-12-30(13-11-29)26(34)21-15-24(33)31(16-21)23-5-3-4-20(14-23)25-27-18(2)35-28-25/h3-9,14,21H,10-13,15-16H2,1-2H3/t21-/m0/s1. The van der Waals surface area contributed by atoms with E-state index >= 15 is 0 Å². The summed E-state index contributed by atoms with van der Waals surface area (Å²) in [4.78, 5) is 47.5. The Balaban J connectivity index is 1.21. The molecule has 2 aliphatic heterocycles. The minimum absolute atomic E-state index is 0.0253. The summed E-state index contributed by atoms with van der Waals surface area (Å²) >= 11 is 0. The lowest BCUT2D eigenvalue weighted by Crippen LogP contribution is -2.50. The molecule has 180 valence electrons. The molecule has 1 atom stereocenters. The van der Waals surface area contributed by atoms with Crippen molar-refractivity contribution in [1.29, 1.82) is 0 Å². The van der Waals surface area contributed by atoms with Gasteiger partial charge in [-0.1, -0.05) is 17.3 Å². The number of hydrogen-bond acceptors (Lipinski definition) is 7. The molecule has 3 heterocycles. The van der Waals surface area contributed by atoms with Crippen LogP contribution in [-0.2, 0) is 9.59 Å². The first-order valence-corrected chi connectivity index (χ1v) is 11.7. The number of carbonyl (C=O) groups is 3. The Morgan fingerprint density at radius 3 is 2.40 bits per heavy atom. The molecule has 0 spiro atoms. The van der Waals surface area contributed by atoms with Gasteiger partial charge < -0.3 is 19.2 Å². The Kier molecular flexibility index (Phi) is 6.07. The Hall–Kier alpha value is -4.01. The van der Waals surface area contributed by atoms with Crippen LogP contribution in [-0.4, -0.2) is 65.4 Å². The molecule has 0 saturated carbocycles. The van der Waals surface area contributed by atoms with E-state index in [9.17, 15) is 14.4 Å². The van der Waals surface area contributed by atoms with Crippen molar-refractivity contribution in [3.8, 4) is 11.4 Å². The molecule has 0 N–H and O–H groups in total. The largest absolute Gasteiger partial charge is 0.368 e. The number of benzene rings is 2. The molecular weight excluding hydrogens is 446 g/mol. The van der Waals surface area contributed by atoms with Gasteiger partial charge in [0.2, 0.25) is 23.5 Å². The Labute approximate surface area is 203 Å². The summed E-state index contributed by atoms with van der Waals surface area (Å²) in [5.74, 6) is 0.592. The van der Waals surface area contributed by atoms with E-state index in [2.05, 4.69) is 15.0 Å². The number of aryl methyl sites for hydroxylation is 1. The Morgan fingerprint density at radius 2 is 1.74 bits per heavy atom. The number of aromatic nitrogens is 2. The van der Waals surface area contributed by atoms with Gasteiger partial charge in [0.25, 0.3) is 0 Å². The van der Waals surface area contributed by atoms with Crippen LogP contribution in [0.2, 0.25) is 0 Å². The van der Waals surface area contributed by atoms with Gasteiger partial charge in [0.1, 0.15) is 0 Å². The van der Waals surface area contributed by atoms with Crippen LogP contribution in [0.15, 0.2) is 53.1 Å². The number of ketones is 1. The molecule has 0 unspecified atom stereocenters. The molecule has 0 aliphatic carbocycles. The van der Waals surface area contributed by atoms with Crippen LogP contribution in [0, 0.1) is 12.8 Å². The van der Waals surface area contributed by atoms with E-state index in [1.54, 1.807) is 18.7 Å². The number of rotatable bonds is 5. The fraction of sp³-hybridized carbons (Fsp3) is 0.346. The highest BCUT2D eigenvalue weighted by Gasteiger charge is 2.38. The molecule has 2 aromatic carbocycles. The first-order valence-electron chi connectivity index (χ1n) is 11.7. The lowest BCUT2D eigenvalue weighted by Gasteiger charge is -2.37. The van der Waals surface area contributed by atoms with E-state index in [4.69, 9.17) is 4.52 Å². The highest BCUT2D eigenvalue weighted by molar-refractivity contribution is 6.00. The summed E-state index contributed by atoms with van der Waals surface area (Å²) in [7, 11) is 0. The predicted molar refractivity (Wildman–Crippen MR) is 130 cm³/mol. The average molecular weight is 474 g/mol. The van der Waals surface area contributed by atoms with Crippen molar-refractivity contribution in [2.75, 3.05) is 42.5 Å². The maximum absolute atomic E-state index is 13.2. The highest BCUT2D eigenvalue weighted by Crippen LogP contribution is 2.30. The Bertz CT molecular complexity index is 1260. The van der Waals surface area contributed by atoms with Crippen LogP contribution in [0.4, 0.5) is 11.4 Å². The number of anilines is 2. The molecular formula is C26H27N5O4. The van der Waals surface area contributed by atoms with Gasteiger partial charge in [0.15, 0.2) is 5.78 Å². The van der Waals surface area contributed by atoms with Crippen LogP contribution in [0.5, 0.6) is 0 Å². The lowest BCUT2D eigenvalue weighted by molar-refractivity contribution is -0.136. The van der Waals surface area contributed by atoms with E-state index in [-0.39, 0.29) is 29.9 Å². The Morgan fingerprint density at radius 1 is 1.00 bits per heavy atom. The number of piperazine rings is 1. The zero-order valence-corrected chi connectivity index (χ0v) is 19.8. The summed E-state index contributed by atoms with van der Waals surface area (Å²) in [6, 6.07) is 15.0. The molecule has 5 rings (SSSR count). The number of Topliss-reactive ketones (excluding diaryl/α,β-unsaturated/α-hetero) is 1. The van der Waals surface area contributed by atoms with Crippen molar-refractivity contribution in [2.24, 2.45) is 5.92 Å². The van der Waals surface area contributed by atoms with Crippen LogP contribution < -0.4 is 9.80 Å². The van der Waals surface area contributed by atoms with Gasteiger partial charge in [-0.25, -0.2) is 0 Å². The van der Waals surface area contributed by atoms with Gasteiger partial charge in [-0.05, 0) is 43.3 Å². The monoisotopic (exact) mass is 473 g/mol. The molecule has 9 heteroatoms. The predicted octanol–water partition coefficient (Wildman–Crippen LogP) is 2.95. The first kappa shape index (κ1) is 22.8. The fourth-order valence-electron chi connectivity index (χ4n) is 4.70. The van der Waals surface area contributed by atoms with Crippen molar-refractivity contribution in [3.05, 3.63) is 60.0 Å². The van der Waals surface area contributed by atoms with Gasteiger partial charge in [-0.3, -0.25) is 14.4 Å². The van der Waals surface area contributed by atoms with E-state index in [1.165, 1.54) is 0 Å². The molecule has 0 bridgehead atoms. The topological polar surface area (TPSA) is 99.9 Å². The number of carbonyl (C=O) groups excluding carboxylic acids is 3. The summed E-state index contributed by atoms with van der Waals surface area (Å²) in [6.45, 7) is 6.27. The molecule has 1 aromatic heterocycles. The zero-order chi connectivity index (χ0) is 24.5. The molecule has 9 nitrogen and oxygen atoms in total. The second-order valence-electron chi connectivity index (χ2n) is 9.01. The third-order valence-electron chi connectivity index (χ3n) is 6.65. The smallest absolute Gasteiger partial charge is 0.228 e. The van der Waals surface area contributed by atoms with Crippen molar-refractivity contribution in [3.63, 3.8) is 0 Å². The third-order valence-corrected chi connectivity index (χ3v) is 6.65. The van der Waals surface area contributed by atoms with Crippen LogP contribution in [0.1, 0.15) is 29.6 Å². The maximum atomic E-state index is 13.2. The molecule has 35 heavy (non-hydrogen) atoms. The molecule has 3 aromatic rings. The first-order chi connectivity index (χ1) is 16.9. The van der Waals surface area contributed by atoms with Crippen molar-refractivity contribution < 1.29 is 18.9 Å². The SMILES string of the molecule is CC(=O)c1ccc(N2CCN(C(=O)[C@H]3CC(=O)N(c4cccc(-c5noc(C)n5)c4)C3)CC2)cc1. The third kappa shape index (κ3) is 4.66. The van der Waals surface area contributed by atoms with Crippen LogP contribution in [0.3, 0.4) is 0 Å². The second-order valence-corrected chi connectivity index (χ2v) is 9.01. The van der Waals surface area contributed by atoms with Gasteiger partial charge in [0, 0.05) is 68.6 Å². The molecule has 2 saturated heterocycles. The summed E-state index contributed by atoms with van der Waals surface area (Å²) in [6.07, 6.45) is 0.205. The van der Waals surface area contributed by atoms with E-state index in [0.29, 0.717) is 50.0 Å². The van der Waals surface area contributed by atoms with Crippen molar-refractivity contribution >= 4 is 29.0 Å². The maximum Gasteiger partial charge on any atom is 0.228 e. The fourth-order valence-corrected chi connectivity index (χ4v) is 4.70. The van der Waals surface area contributed by atoms with Crippen molar-refractivity contribution in [1.82, 2.24) is 15.0 Å². The average Bonchev–Trinajstić information content (AvgIpc) is 3.49. The number of nitrogens with zero attached hydrogens (tertiary/aromatic N) is 5. The van der Waals surface area contributed by atoms with Crippen molar-refractivity contribution in [2.45, 2.75) is 20.3 Å². The molecule has 2 amide bonds. The summed E-state index contributed by atoms with van der Waals surface area (Å²) < 4.78 is 5.06. The van der Waals surface area contributed by atoms with Gasteiger partial charge in [-0.15, -0.1) is 0 Å². The second kappa shape index (κ2) is 9.32. The zero-order valence-electron chi connectivity index (χ0n) is 19.8. The molecule has 0 radical (unpaired) electrons. The van der Waals surface area contributed by atoms with Gasteiger partial charge in [-0.2, -0.15) is 4.98 Å². The summed E-state index contributed by atoms with van der Waals surface area (Å²) in [5.41, 5.74) is 3.22. The minimum Gasteiger partial charge on any atom is -0.368 e. The number of amides is 2. The van der Waals surface area contributed by atoms with Gasteiger partial charge >= 0.3 is 0 Å². The van der Waals surface area contributed by atoms with E-state index in [1.807, 2.05) is 53.4 Å². The van der Waals surface area contributed by atoms with Crippen LogP contribution in [0.25, 0.3) is 11.4 Å². The molecule has 2 aliphatic rings. The summed E-state index contributed by atoms with van der Waals surface area (Å²) in [5, 5.41) is 3.95. The number of hydrogen-bond donors (Lipinski definition) is 0. The molecule has 2 fully saturated rings. The van der Waals surface area contributed by atoms with E-state index < -0.39 is 0 Å². The van der Waals surface area contributed by atoms with E-state index in [0.717, 1.165) is 16.9 Å². The highest BCUT2D eigenvalue weighted by atomic mass is 16.5. The quantitative estimate of drug-likeness (QED) is 0.525. The van der Waals surface area contributed by atoms with Gasteiger partial charge in [0.05, 0.1) is 5.92 Å². The van der Waals surface area contributed by atoms with Crippen LogP contribution >= 0.6 is 0 Å². The minimum atomic E-state index is -0.361. The lowest BCUT2D eigenvalue weighted by atomic mass is 10.1.